The SMILES string of the molecule is CC(C)(C)OC(=O)n1cc2ccsc2c1. The van der Waals surface area contributed by atoms with Crippen LogP contribution >= 0.6 is 11.3 Å². The monoisotopic (exact) mass is 223 g/mol. The van der Waals surface area contributed by atoms with Crippen LogP contribution in [0.25, 0.3) is 10.1 Å². The molecule has 2 heterocycles. The van der Waals surface area contributed by atoms with Crippen molar-refractivity contribution >= 4 is 27.5 Å². The highest BCUT2D eigenvalue weighted by molar-refractivity contribution is 7.17. The first-order valence-corrected chi connectivity index (χ1v) is 5.62. The molecule has 0 bridgehead atoms. The maximum absolute atomic E-state index is 11.7. The average Bonchev–Trinajstić information content (AvgIpc) is 2.56. The molecular weight excluding hydrogens is 210 g/mol. The van der Waals surface area contributed by atoms with Crippen molar-refractivity contribution in [2.24, 2.45) is 0 Å². The number of hydrogen-bond acceptors (Lipinski definition) is 3. The van der Waals surface area contributed by atoms with Crippen molar-refractivity contribution in [1.29, 1.82) is 0 Å². The Morgan fingerprint density at radius 1 is 1.40 bits per heavy atom. The van der Waals surface area contributed by atoms with Gasteiger partial charge in [0.15, 0.2) is 0 Å². The van der Waals surface area contributed by atoms with Gasteiger partial charge in [-0.15, -0.1) is 11.3 Å². The molecule has 0 unspecified atom stereocenters. The van der Waals surface area contributed by atoms with Gasteiger partial charge in [-0.3, -0.25) is 4.57 Å². The van der Waals surface area contributed by atoms with Crippen LogP contribution in [0.5, 0.6) is 0 Å². The van der Waals surface area contributed by atoms with E-state index in [0.717, 1.165) is 10.1 Å². The van der Waals surface area contributed by atoms with E-state index in [1.165, 1.54) is 4.57 Å². The molecule has 0 amide bonds. The third-order valence-corrected chi connectivity index (χ3v) is 2.73. The Balaban J connectivity index is 2.24. The maximum Gasteiger partial charge on any atom is 0.418 e. The first-order valence-electron chi connectivity index (χ1n) is 4.74. The summed E-state index contributed by atoms with van der Waals surface area (Å²) in [7, 11) is 0. The van der Waals surface area contributed by atoms with Gasteiger partial charge in [0, 0.05) is 17.8 Å². The number of carbonyl (C=O) groups excluding carboxylic acids is 1. The van der Waals surface area contributed by atoms with Gasteiger partial charge < -0.3 is 4.74 Å². The van der Waals surface area contributed by atoms with E-state index in [1.54, 1.807) is 23.7 Å². The highest BCUT2D eigenvalue weighted by atomic mass is 32.1. The quantitative estimate of drug-likeness (QED) is 0.684. The lowest BCUT2D eigenvalue weighted by Crippen LogP contribution is -2.26. The molecular formula is C11H13NO2S. The first-order chi connectivity index (χ1) is 6.96. The van der Waals surface area contributed by atoms with Gasteiger partial charge >= 0.3 is 6.09 Å². The van der Waals surface area contributed by atoms with Gasteiger partial charge in [0.2, 0.25) is 0 Å². The van der Waals surface area contributed by atoms with Crippen LogP contribution in [0.4, 0.5) is 4.79 Å². The molecule has 0 aliphatic carbocycles. The topological polar surface area (TPSA) is 31.2 Å². The van der Waals surface area contributed by atoms with Crippen molar-refractivity contribution in [3.8, 4) is 0 Å². The highest BCUT2D eigenvalue weighted by Gasteiger charge is 2.17. The van der Waals surface area contributed by atoms with Gasteiger partial charge in [0.1, 0.15) is 5.60 Å². The summed E-state index contributed by atoms with van der Waals surface area (Å²) >= 11 is 1.61. The Kier molecular flexibility index (Phi) is 2.31. The summed E-state index contributed by atoms with van der Waals surface area (Å²) in [4.78, 5) is 11.7. The minimum absolute atomic E-state index is 0.328. The highest BCUT2D eigenvalue weighted by Crippen LogP contribution is 2.22. The standard InChI is InChI=1S/C11H13NO2S/c1-11(2,3)14-10(13)12-6-8-4-5-15-9(8)7-12/h4-7H,1-3H3. The molecule has 0 spiro atoms. The van der Waals surface area contributed by atoms with E-state index in [9.17, 15) is 4.79 Å². The molecule has 2 aromatic heterocycles. The molecule has 0 aromatic carbocycles. The van der Waals surface area contributed by atoms with Crippen LogP contribution in [0.2, 0.25) is 0 Å². The molecule has 2 rings (SSSR count). The number of hydrogen-bond donors (Lipinski definition) is 0. The lowest BCUT2D eigenvalue weighted by molar-refractivity contribution is 0.0538. The van der Waals surface area contributed by atoms with Crippen LogP contribution in [-0.2, 0) is 4.74 Å². The van der Waals surface area contributed by atoms with E-state index in [1.807, 2.05) is 32.2 Å². The Labute approximate surface area is 92.3 Å². The van der Waals surface area contributed by atoms with E-state index < -0.39 is 5.60 Å². The second-order valence-corrected chi connectivity index (χ2v) is 5.33. The minimum atomic E-state index is -0.450. The van der Waals surface area contributed by atoms with E-state index in [2.05, 4.69) is 0 Å². The van der Waals surface area contributed by atoms with Gasteiger partial charge in [-0.25, -0.2) is 4.79 Å². The van der Waals surface area contributed by atoms with Gasteiger partial charge in [-0.2, -0.15) is 0 Å². The number of aromatic nitrogens is 1. The van der Waals surface area contributed by atoms with Crippen molar-refractivity contribution in [3.63, 3.8) is 0 Å². The number of ether oxygens (including phenoxy) is 1. The van der Waals surface area contributed by atoms with E-state index in [-0.39, 0.29) is 6.09 Å². The van der Waals surface area contributed by atoms with Crippen molar-refractivity contribution < 1.29 is 9.53 Å². The van der Waals surface area contributed by atoms with Crippen LogP contribution in [0.3, 0.4) is 0 Å². The number of carbonyl (C=O) groups is 1. The van der Waals surface area contributed by atoms with Crippen molar-refractivity contribution in [2.75, 3.05) is 0 Å². The van der Waals surface area contributed by atoms with Crippen LogP contribution in [0, 0.1) is 0 Å². The number of thiophene rings is 1. The average molecular weight is 223 g/mol. The Morgan fingerprint density at radius 3 is 2.73 bits per heavy atom. The summed E-state index contributed by atoms with van der Waals surface area (Å²) in [6, 6.07) is 1.99. The summed E-state index contributed by atoms with van der Waals surface area (Å²) in [5, 5.41) is 3.08. The predicted octanol–water partition coefficient (Wildman–Crippen LogP) is 3.49. The molecule has 80 valence electrons. The van der Waals surface area contributed by atoms with Crippen molar-refractivity contribution in [3.05, 3.63) is 23.8 Å². The molecule has 0 radical (unpaired) electrons. The second kappa shape index (κ2) is 3.38. The normalized spacial score (nSPS) is 11.9. The minimum Gasteiger partial charge on any atom is -0.443 e. The van der Waals surface area contributed by atoms with Gasteiger partial charge in [-0.1, -0.05) is 0 Å². The summed E-state index contributed by atoms with van der Waals surface area (Å²) in [6.45, 7) is 5.57. The Morgan fingerprint density at radius 2 is 2.13 bits per heavy atom. The molecule has 0 saturated carbocycles. The molecule has 0 atom stereocenters. The van der Waals surface area contributed by atoms with Gasteiger partial charge in [-0.05, 0) is 32.2 Å². The summed E-state index contributed by atoms with van der Waals surface area (Å²) < 4.78 is 7.84. The molecule has 0 fully saturated rings. The fourth-order valence-corrected chi connectivity index (χ4v) is 2.07. The smallest absolute Gasteiger partial charge is 0.418 e. The number of nitrogens with zero attached hydrogens (tertiary/aromatic N) is 1. The zero-order valence-electron chi connectivity index (χ0n) is 8.98. The maximum atomic E-state index is 11.7. The second-order valence-electron chi connectivity index (χ2n) is 4.39. The Hall–Kier alpha value is -1.29. The zero-order valence-corrected chi connectivity index (χ0v) is 9.80. The molecule has 15 heavy (non-hydrogen) atoms. The molecule has 0 aliphatic heterocycles. The van der Waals surface area contributed by atoms with Crippen molar-refractivity contribution in [1.82, 2.24) is 4.57 Å². The molecule has 3 nitrogen and oxygen atoms in total. The van der Waals surface area contributed by atoms with Crippen LogP contribution in [0.1, 0.15) is 20.8 Å². The largest absolute Gasteiger partial charge is 0.443 e. The van der Waals surface area contributed by atoms with Gasteiger partial charge in [0.25, 0.3) is 0 Å². The predicted molar refractivity (Wildman–Crippen MR) is 61.4 cm³/mol. The lowest BCUT2D eigenvalue weighted by Gasteiger charge is -2.19. The molecule has 0 aliphatic rings. The summed E-state index contributed by atoms with van der Waals surface area (Å²) in [5.41, 5.74) is -0.450. The lowest BCUT2D eigenvalue weighted by atomic mass is 10.2. The molecule has 4 heteroatoms. The first kappa shape index (κ1) is 10.2. The van der Waals surface area contributed by atoms with Crippen LogP contribution in [-0.4, -0.2) is 16.3 Å². The van der Waals surface area contributed by atoms with E-state index in [0.29, 0.717) is 0 Å². The third kappa shape index (κ3) is 2.21. The number of rotatable bonds is 0. The van der Waals surface area contributed by atoms with E-state index >= 15 is 0 Å². The third-order valence-electron chi connectivity index (χ3n) is 1.87. The molecule has 0 N–H and O–H groups in total. The fraction of sp³-hybridized carbons (Fsp3) is 0.364. The van der Waals surface area contributed by atoms with Gasteiger partial charge in [0.05, 0.1) is 4.70 Å². The van der Waals surface area contributed by atoms with Crippen LogP contribution in [0.15, 0.2) is 23.8 Å². The molecule has 0 saturated heterocycles. The van der Waals surface area contributed by atoms with E-state index in [4.69, 9.17) is 4.74 Å². The molecule has 2 aromatic rings. The summed E-state index contributed by atoms with van der Waals surface area (Å²) in [6.07, 6.45) is 3.26. The number of fused-ring (bicyclic) bond motifs is 1. The zero-order chi connectivity index (χ0) is 11.1. The van der Waals surface area contributed by atoms with Crippen LogP contribution < -0.4 is 0 Å². The fourth-order valence-electron chi connectivity index (χ4n) is 1.28. The van der Waals surface area contributed by atoms with Crippen molar-refractivity contribution in [2.45, 2.75) is 26.4 Å². The summed E-state index contributed by atoms with van der Waals surface area (Å²) in [5.74, 6) is 0. The Bertz CT molecular complexity index is 461.